The fraction of sp³-hybridized carbons (Fsp3) is 0. The lowest BCUT2D eigenvalue weighted by molar-refractivity contribution is -0.385. The van der Waals surface area contributed by atoms with Crippen LogP contribution in [0.2, 0.25) is 0 Å². The van der Waals surface area contributed by atoms with E-state index in [2.05, 4.69) is 0 Å². The second-order valence-corrected chi connectivity index (χ2v) is 5.40. The molecule has 0 aliphatic heterocycles. The smallest absolute Gasteiger partial charge is 0.343 e. The third-order valence-corrected chi connectivity index (χ3v) is 3.56. The number of nitrogens with zero attached hydrogens (tertiary/aromatic N) is 1. The molecule has 27 heavy (non-hydrogen) atoms. The Labute approximate surface area is 153 Å². The second-order valence-electron chi connectivity index (χ2n) is 5.40. The number of benzene rings is 3. The highest BCUT2D eigenvalue weighted by molar-refractivity contribution is 5.92. The number of nitro benzene ring substituents is 1. The van der Waals surface area contributed by atoms with Gasteiger partial charge < -0.3 is 9.47 Å². The third kappa shape index (κ3) is 4.35. The van der Waals surface area contributed by atoms with Crippen molar-refractivity contribution in [3.05, 3.63) is 100 Å². The van der Waals surface area contributed by atoms with E-state index in [9.17, 15) is 19.7 Å². The van der Waals surface area contributed by atoms with Crippen LogP contribution in [0.3, 0.4) is 0 Å². The summed E-state index contributed by atoms with van der Waals surface area (Å²) in [4.78, 5) is 34.8. The van der Waals surface area contributed by atoms with E-state index in [4.69, 9.17) is 9.47 Å². The van der Waals surface area contributed by atoms with Gasteiger partial charge in [0.1, 0.15) is 5.75 Å². The number of nitro groups is 1. The highest BCUT2D eigenvalue weighted by atomic mass is 16.6. The van der Waals surface area contributed by atoms with E-state index in [1.54, 1.807) is 48.5 Å². The molecule has 3 aromatic carbocycles. The number of hydrogen-bond donors (Lipinski definition) is 0. The van der Waals surface area contributed by atoms with Crippen molar-refractivity contribution in [2.45, 2.75) is 0 Å². The van der Waals surface area contributed by atoms with E-state index in [1.807, 2.05) is 0 Å². The predicted octanol–water partition coefficient (Wildman–Crippen LogP) is 4.03. The van der Waals surface area contributed by atoms with Gasteiger partial charge in [-0.25, -0.2) is 9.59 Å². The molecule has 134 valence electrons. The molecule has 0 saturated carbocycles. The van der Waals surface area contributed by atoms with E-state index >= 15 is 0 Å². The van der Waals surface area contributed by atoms with Gasteiger partial charge in [-0.3, -0.25) is 10.1 Å². The molecule has 0 fully saturated rings. The summed E-state index contributed by atoms with van der Waals surface area (Å²) in [5.74, 6) is -1.69. The number of ether oxygens (including phenoxy) is 2. The molecule has 0 atom stereocenters. The maximum Gasteiger partial charge on any atom is 0.343 e. The maximum atomic E-state index is 12.2. The normalized spacial score (nSPS) is 10.1. The Kier molecular flexibility index (Phi) is 5.22. The largest absolute Gasteiger partial charge is 0.423 e. The van der Waals surface area contributed by atoms with Gasteiger partial charge in [0.05, 0.1) is 16.1 Å². The van der Waals surface area contributed by atoms with Gasteiger partial charge >= 0.3 is 17.6 Å². The predicted molar refractivity (Wildman–Crippen MR) is 95.9 cm³/mol. The summed E-state index contributed by atoms with van der Waals surface area (Å²) in [5, 5.41) is 11.2. The van der Waals surface area contributed by atoms with Crippen molar-refractivity contribution in [1.29, 1.82) is 0 Å². The molecular formula is C20H13NO6. The Hall–Kier alpha value is -4.00. The molecule has 0 heterocycles. The maximum absolute atomic E-state index is 12.2. The molecule has 0 spiro atoms. The van der Waals surface area contributed by atoms with Crippen LogP contribution in [0, 0.1) is 10.1 Å². The Balaban J connectivity index is 1.85. The van der Waals surface area contributed by atoms with Crippen LogP contribution in [0.4, 0.5) is 5.69 Å². The fourth-order valence-corrected chi connectivity index (χ4v) is 2.26. The number of hydrogen-bond acceptors (Lipinski definition) is 6. The molecule has 3 rings (SSSR count). The molecule has 0 N–H and O–H groups in total. The number of rotatable bonds is 5. The van der Waals surface area contributed by atoms with Crippen LogP contribution in [0.25, 0.3) is 0 Å². The van der Waals surface area contributed by atoms with Crippen LogP contribution in [-0.2, 0) is 0 Å². The highest BCUT2D eigenvalue weighted by Gasteiger charge is 2.21. The molecule has 0 radical (unpaired) electrons. The van der Waals surface area contributed by atoms with Crippen molar-refractivity contribution in [3.63, 3.8) is 0 Å². The van der Waals surface area contributed by atoms with Crippen molar-refractivity contribution in [2.75, 3.05) is 0 Å². The SMILES string of the molecule is O=C(Oc1ccc([N+](=O)[O-])c(OC(=O)c2ccccc2)c1)c1ccccc1. The molecule has 0 aliphatic carbocycles. The van der Waals surface area contributed by atoms with E-state index in [1.165, 1.54) is 18.2 Å². The third-order valence-electron chi connectivity index (χ3n) is 3.56. The van der Waals surface area contributed by atoms with Crippen molar-refractivity contribution < 1.29 is 24.0 Å². The summed E-state index contributed by atoms with van der Waals surface area (Å²) >= 11 is 0. The molecule has 0 amide bonds. The minimum atomic E-state index is -0.759. The van der Waals surface area contributed by atoms with Gasteiger partial charge in [-0.1, -0.05) is 36.4 Å². The number of carbonyl (C=O) groups excluding carboxylic acids is 2. The molecule has 0 saturated heterocycles. The molecule has 0 aliphatic rings. The standard InChI is InChI=1S/C20H13NO6/c22-19(14-7-3-1-4-8-14)26-16-11-12-17(21(24)25)18(13-16)27-20(23)15-9-5-2-6-10-15/h1-13H. The first-order valence-corrected chi connectivity index (χ1v) is 7.87. The zero-order valence-electron chi connectivity index (χ0n) is 13.9. The van der Waals surface area contributed by atoms with Gasteiger partial charge in [0, 0.05) is 12.1 Å². The molecule has 0 unspecified atom stereocenters. The fourth-order valence-electron chi connectivity index (χ4n) is 2.26. The molecule has 3 aromatic rings. The van der Waals surface area contributed by atoms with Crippen molar-refractivity contribution in [3.8, 4) is 11.5 Å². The van der Waals surface area contributed by atoms with E-state index in [0.717, 1.165) is 12.1 Å². The zero-order chi connectivity index (χ0) is 19.2. The average Bonchev–Trinajstić information content (AvgIpc) is 2.69. The molecule has 7 nitrogen and oxygen atoms in total. The Morgan fingerprint density at radius 3 is 1.78 bits per heavy atom. The second kappa shape index (κ2) is 7.92. The minimum Gasteiger partial charge on any atom is -0.423 e. The Morgan fingerprint density at radius 1 is 0.741 bits per heavy atom. The lowest BCUT2D eigenvalue weighted by Gasteiger charge is -2.08. The van der Waals surface area contributed by atoms with Crippen LogP contribution in [0.15, 0.2) is 78.9 Å². The van der Waals surface area contributed by atoms with Crippen LogP contribution >= 0.6 is 0 Å². The van der Waals surface area contributed by atoms with E-state index in [-0.39, 0.29) is 17.1 Å². The summed E-state index contributed by atoms with van der Waals surface area (Å²) in [6.07, 6.45) is 0. The summed E-state index contributed by atoms with van der Waals surface area (Å²) in [7, 11) is 0. The highest BCUT2D eigenvalue weighted by Crippen LogP contribution is 2.32. The topological polar surface area (TPSA) is 95.7 Å². The van der Waals surface area contributed by atoms with Gasteiger partial charge in [0.2, 0.25) is 5.75 Å². The van der Waals surface area contributed by atoms with Gasteiger partial charge in [0.25, 0.3) is 0 Å². The summed E-state index contributed by atoms with van der Waals surface area (Å²) in [5.41, 5.74) is 0.135. The average molecular weight is 363 g/mol. The summed E-state index contributed by atoms with van der Waals surface area (Å²) < 4.78 is 10.4. The van der Waals surface area contributed by atoms with Crippen molar-refractivity contribution in [2.24, 2.45) is 0 Å². The van der Waals surface area contributed by atoms with Gasteiger partial charge in [-0.2, -0.15) is 0 Å². The first-order chi connectivity index (χ1) is 13.0. The van der Waals surface area contributed by atoms with Crippen LogP contribution in [0.5, 0.6) is 11.5 Å². The molecular weight excluding hydrogens is 350 g/mol. The first kappa shape index (κ1) is 17.8. The summed E-state index contributed by atoms with van der Waals surface area (Å²) in [6.45, 7) is 0. The summed E-state index contributed by atoms with van der Waals surface area (Å²) in [6, 6.07) is 19.8. The molecule has 0 bridgehead atoms. The van der Waals surface area contributed by atoms with Crippen molar-refractivity contribution >= 4 is 17.6 Å². The first-order valence-electron chi connectivity index (χ1n) is 7.87. The Bertz CT molecular complexity index is 986. The van der Waals surface area contributed by atoms with Crippen LogP contribution in [0.1, 0.15) is 20.7 Å². The zero-order valence-corrected chi connectivity index (χ0v) is 13.9. The lowest BCUT2D eigenvalue weighted by atomic mass is 10.2. The van der Waals surface area contributed by atoms with Gasteiger partial charge in [-0.05, 0) is 30.3 Å². The monoisotopic (exact) mass is 363 g/mol. The van der Waals surface area contributed by atoms with E-state index in [0.29, 0.717) is 5.56 Å². The van der Waals surface area contributed by atoms with Crippen LogP contribution in [-0.4, -0.2) is 16.9 Å². The minimum absolute atomic E-state index is 0.0188. The van der Waals surface area contributed by atoms with E-state index < -0.39 is 22.5 Å². The van der Waals surface area contributed by atoms with Gasteiger partial charge in [0.15, 0.2) is 0 Å². The number of esters is 2. The van der Waals surface area contributed by atoms with Crippen LogP contribution < -0.4 is 9.47 Å². The molecule has 7 heteroatoms. The quantitative estimate of drug-likeness (QED) is 0.294. The Morgan fingerprint density at radius 2 is 1.26 bits per heavy atom. The number of carbonyl (C=O) groups is 2. The van der Waals surface area contributed by atoms with Gasteiger partial charge in [-0.15, -0.1) is 0 Å². The van der Waals surface area contributed by atoms with Crippen molar-refractivity contribution in [1.82, 2.24) is 0 Å². The molecule has 0 aromatic heterocycles. The lowest BCUT2D eigenvalue weighted by Crippen LogP contribution is -2.11.